The van der Waals surface area contributed by atoms with Crippen LogP contribution >= 0.6 is 11.3 Å². The Hall–Kier alpha value is -0.970. The van der Waals surface area contributed by atoms with Crippen LogP contribution in [0.3, 0.4) is 0 Å². The van der Waals surface area contributed by atoms with Crippen molar-refractivity contribution in [2.45, 2.75) is 13.0 Å². The maximum absolute atomic E-state index is 13.0. The SMILES string of the molecule is OCCCNCc1cc2ccc(F)cc2s1. The summed E-state index contributed by atoms with van der Waals surface area (Å²) in [7, 11) is 0. The highest BCUT2D eigenvalue weighted by Gasteiger charge is 2.02. The van der Waals surface area contributed by atoms with Gasteiger partial charge in [-0.1, -0.05) is 6.07 Å². The molecule has 0 aliphatic rings. The van der Waals surface area contributed by atoms with Crippen LogP contribution in [0, 0.1) is 5.82 Å². The molecule has 0 bridgehead atoms. The van der Waals surface area contributed by atoms with Gasteiger partial charge < -0.3 is 10.4 Å². The van der Waals surface area contributed by atoms with Gasteiger partial charge in [0.2, 0.25) is 0 Å². The molecule has 0 amide bonds. The molecule has 0 radical (unpaired) electrons. The number of aliphatic hydroxyl groups excluding tert-OH is 1. The van der Waals surface area contributed by atoms with Crippen molar-refractivity contribution in [1.82, 2.24) is 5.32 Å². The normalized spacial score (nSPS) is 11.1. The first-order valence-electron chi connectivity index (χ1n) is 5.29. The molecular formula is C12H14FNOS. The average molecular weight is 239 g/mol. The lowest BCUT2D eigenvalue weighted by Gasteiger charge is -1.99. The molecule has 0 aliphatic carbocycles. The third-order valence-electron chi connectivity index (χ3n) is 2.34. The highest BCUT2D eigenvalue weighted by molar-refractivity contribution is 7.19. The molecule has 0 aliphatic heterocycles. The van der Waals surface area contributed by atoms with E-state index in [0.717, 1.165) is 29.6 Å². The molecule has 0 unspecified atom stereocenters. The van der Waals surface area contributed by atoms with Crippen molar-refractivity contribution in [3.05, 3.63) is 35.0 Å². The van der Waals surface area contributed by atoms with E-state index in [2.05, 4.69) is 11.4 Å². The lowest BCUT2D eigenvalue weighted by atomic mass is 10.2. The maximum Gasteiger partial charge on any atom is 0.124 e. The Morgan fingerprint density at radius 2 is 2.19 bits per heavy atom. The van der Waals surface area contributed by atoms with Crippen molar-refractivity contribution < 1.29 is 9.50 Å². The Morgan fingerprint density at radius 1 is 1.31 bits per heavy atom. The molecule has 0 spiro atoms. The second kappa shape index (κ2) is 5.39. The highest BCUT2D eigenvalue weighted by Crippen LogP contribution is 2.26. The number of aliphatic hydroxyl groups is 1. The molecule has 1 heterocycles. The Balaban J connectivity index is 2.02. The van der Waals surface area contributed by atoms with Gasteiger partial charge in [-0.25, -0.2) is 4.39 Å². The number of thiophene rings is 1. The van der Waals surface area contributed by atoms with Gasteiger partial charge in [0, 0.05) is 22.7 Å². The first kappa shape index (κ1) is 11.5. The van der Waals surface area contributed by atoms with E-state index in [-0.39, 0.29) is 12.4 Å². The van der Waals surface area contributed by atoms with Crippen LogP contribution < -0.4 is 5.32 Å². The van der Waals surface area contributed by atoms with Crippen molar-refractivity contribution in [1.29, 1.82) is 0 Å². The van der Waals surface area contributed by atoms with Gasteiger partial charge >= 0.3 is 0 Å². The first-order valence-corrected chi connectivity index (χ1v) is 6.11. The van der Waals surface area contributed by atoms with Crippen LogP contribution in [0.1, 0.15) is 11.3 Å². The van der Waals surface area contributed by atoms with Gasteiger partial charge in [0.15, 0.2) is 0 Å². The zero-order valence-electron chi connectivity index (χ0n) is 8.87. The average Bonchev–Trinajstić information content (AvgIpc) is 2.66. The summed E-state index contributed by atoms with van der Waals surface area (Å²) in [5.74, 6) is -0.186. The van der Waals surface area contributed by atoms with E-state index in [1.54, 1.807) is 23.5 Å². The maximum atomic E-state index is 13.0. The van der Waals surface area contributed by atoms with Gasteiger partial charge in [-0.05, 0) is 36.6 Å². The van der Waals surface area contributed by atoms with Crippen molar-refractivity contribution in [2.24, 2.45) is 0 Å². The fourth-order valence-electron chi connectivity index (χ4n) is 1.56. The number of rotatable bonds is 5. The molecule has 2 N–H and O–H groups in total. The number of hydrogen-bond donors (Lipinski definition) is 2. The van der Waals surface area contributed by atoms with Crippen LogP contribution in [0.15, 0.2) is 24.3 Å². The molecule has 2 rings (SSSR count). The van der Waals surface area contributed by atoms with Crippen LogP contribution in [0.4, 0.5) is 4.39 Å². The molecule has 0 atom stereocenters. The number of fused-ring (bicyclic) bond motifs is 1. The minimum Gasteiger partial charge on any atom is -0.396 e. The monoisotopic (exact) mass is 239 g/mol. The molecule has 2 nitrogen and oxygen atoms in total. The van der Waals surface area contributed by atoms with Crippen molar-refractivity contribution in [2.75, 3.05) is 13.2 Å². The number of nitrogens with one attached hydrogen (secondary N) is 1. The van der Waals surface area contributed by atoms with Crippen LogP contribution in [0.25, 0.3) is 10.1 Å². The van der Waals surface area contributed by atoms with Gasteiger partial charge in [0.25, 0.3) is 0 Å². The fraction of sp³-hybridized carbons (Fsp3) is 0.333. The second-order valence-corrected chi connectivity index (χ2v) is 4.82. The van der Waals surface area contributed by atoms with Crippen LogP contribution in [0.5, 0.6) is 0 Å². The molecule has 4 heteroatoms. The zero-order chi connectivity index (χ0) is 11.4. The quantitative estimate of drug-likeness (QED) is 0.786. The Kier molecular flexibility index (Phi) is 3.88. The van der Waals surface area contributed by atoms with E-state index >= 15 is 0 Å². The molecule has 2 aromatic rings. The molecule has 16 heavy (non-hydrogen) atoms. The summed E-state index contributed by atoms with van der Waals surface area (Å²) < 4.78 is 13.9. The predicted octanol–water partition coefficient (Wildman–Crippen LogP) is 2.51. The van der Waals surface area contributed by atoms with Crippen molar-refractivity contribution >= 4 is 21.4 Å². The third kappa shape index (κ3) is 2.78. The summed E-state index contributed by atoms with van der Waals surface area (Å²) in [6, 6.07) is 6.93. The molecule has 1 aromatic heterocycles. The molecule has 1 aromatic carbocycles. The summed E-state index contributed by atoms with van der Waals surface area (Å²) in [6.45, 7) is 1.80. The molecule has 0 saturated carbocycles. The van der Waals surface area contributed by atoms with E-state index in [9.17, 15) is 4.39 Å². The van der Waals surface area contributed by atoms with E-state index in [4.69, 9.17) is 5.11 Å². The molecule has 86 valence electrons. The van der Waals surface area contributed by atoms with Crippen molar-refractivity contribution in [3.63, 3.8) is 0 Å². The standard InChI is InChI=1S/C12H14FNOS/c13-10-3-2-9-6-11(16-12(9)7-10)8-14-4-1-5-15/h2-3,6-7,14-15H,1,4-5,8H2. The van der Waals surface area contributed by atoms with Crippen LogP contribution in [-0.2, 0) is 6.54 Å². The summed E-state index contributed by atoms with van der Waals surface area (Å²) in [5.41, 5.74) is 0. The van der Waals surface area contributed by atoms with E-state index in [0.29, 0.717) is 0 Å². The van der Waals surface area contributed by atoms with Gasteiger partial charge in [0.1, 0.15) is 5.82 Å². The third-order valence-corrected chi connectivity index (χ3v) is 3.44. The van der Waals surface area contributed by atoms with Crippen LogP contribution in [0.2, 0.25) is 0 Å². The first-order chi connectivity index (χ1) is 7.79. The van der Waals surface area contributed by atoms with Crippen molar-refractivity contribution in [3.8, 4) is 0 Å². The Morgan fingerprint density at radius 3 is 3.00 bits per heavy atom. The Labute approximate surface area is 97.7 Å². The lowest BCUT2D eigenvalue weighted by molar-refractivity contribution is 0.286. The summed E-state index contributed by atoms with van der Waals surface area (Å²) in [5, 5.41) is 13.0. The predicted molar refractivity (Wildman–Crippen MR) is 65.2 cm³/mol. The molecular weight excluding hydrogens is 225 g/mol. The minimum absolute atomic E-state index is 0.186. The van der Waals surface area contributed by atoms with Gasteiger partial charge in [-0.15, -0.1) is 11.3 Å². The molecule has 0 saturated heterocycles. The van der Waals surface area contributed by atoms with E-state index in [1.165, 1.54) is 10.9 Å². The number of halogens is 1. The Bertz CT molecular complexity index is 469. The minimum atomic E-state index is -0.186. The summed E-state index contributed by atoms with van der Waals surface area (Å²) >= 11 is 1.60. The second-order valence-electron chi connectivity index (χ2n) is 3.65. The largest absolute Gasteiger partial charge is 0.396 e. The highest BCUT2D eigenvalue weighted by atomic mass is 32.1. The van der Waals surface area contributed by atoms with Gasteiger partial charge in [0.05, 0.1) is 0 Å². The molecule has 0 fully saturated rings. The summed E-state index contributed by atoms with van der Waals surface area (Å²) in [6.07, 6.45) is 0.763. The van der Waals surface area contributed by atoms with E-state index < -0.39 is 0 Å². The lowest BCUT2D eigenvalue weighted by Crippen LogP contribution is -2.14. The van der Waals surface area contributed by atoms with Crippen LogP contribution in [-0.4, -0.2) is 18.3 Å². The van der Waals surface area contributed by atoms with Gasteiger partial charge in [-0.3, -0.25) is 0 Å². The topological polar surface area (TPSA) is 32.3 Å². The number of hydrogen-bond acceptors (Lipinski definition) is 3. The van der Waals surface area contributed by atoms with Gasteiger partial charge in [-0.2, -0.15) is 0 Å². The smallest absolute Gasteiger partial charge is 0.124 e. The fourth-order valence-corrected chi connectivity index (χ4v) is 2.62. The van der Waals surface area contributed by atoms with E-state index in [1.807, 2.05) is 0 Å². The zero-order valence-corrected chi connectivity index (χ0v) is 9.69. The summed E-state index contributed by atoms with van der Waals surface area (Å²) in [4.78, 5) is 1.19. The number of benzene rings is 1.